The highest BCUT2D eigenvalue weighted by Crippen LogP contribution is 2.77. The molecule has 0 spiro atoms. The normalized spacial score (nSPS) is 40.9. The fourth-order valence-electron chi connectivity index (χ4n) is 12.8. The highest BCUT2D eigenvalue weighted by Gasteiger charge is 2.71. The highest BCUT2D eigenvalue weighted by atomic mass is 16.5. The predicted molar refractivity (Wildman–Crippen MR) is 183 cm³/mol. The first-order valence-corrected chi connectivity index (χ1v) is 18.8. The van der Waals surface area contributed by atoms with Crippen molar-refractivity contribution in [3.8, 4) is 0 Å². The molecule has 1 heterocycles. The lowest BCUT2D eigenvalue weighted by molar-refractivity contribution is -0.233. The number of hydrogen-bond donors (Lipinski definition) is 1. The number of rotatable bonds is 6. The van der Waals surface area contributed by atoms with E-state index in [9.17, 15) is 24.3 Å². The molecule has 5 fully saturated rings. The Morgan fingerprint density at radius 1 is 0.917 bits per heavy atom. The molecule has 268 valence electrons. The second-order valence-corrected chi connectivity index (χ2v) is 18.9. The maximum absolute atomic E-state index is 14.6. The number of ether oxygens (including phenoxy) is 2. The van der Waals surface area contributed by atoms with E-state index < -0.39 is 22.8 Å². The molecule has 1 amide bonds. The van der Waals surface area contributed by atoms with E-state index in [1.807, 2.05) is 4.90 Å². The van der Waals surface area contributed by atoms with Crippen molar-refractivity contribution >= 4 is 23.6 Å². The molecule has 1 N–H and O–H groups in total. The molecule has 1 saturated heterocycles. The third-order valence-electron chi connectivity index (χ3n) is 15.5. The van der Waals surface area contributed by atoms with Crippen LogP contribution in [0.5, 0.6) is 0 Å². The molecule has 0 aromatic heterocycles. The number of nitrogens with zero attached hydrogens (tertiary/aromatic N) is 1. The molecular weight excluding hydrogens is 606 g/mol. The number of morpholine rings is 1. The van der Waals surface area contributed by atoms with E-state index in [0.717, 1.165) is 56.9 Å². The number of amides is 1. The van der Waals surface area contributed by atoms with Gasteiger partial charge in [-0.2, -0.15) is 0 Å². The predicted octanol–water partition coefficient (Wildman–Crippen LogP) is 7.24. The summed E-state index contributed by atoms with van der Waals surface area (Å²) < 4.78 is 11.7. The first-order valence-electron chi connectivity index (χ1n) is 18.8. The number of carboxylic acids is 1. The Bertz CT molecular complexity index is 1410. The van der Waals surface area contributed by atoms with E-state index >= 15 is 0 Å². The molecule has 8 heteroatoms. The highest BCUT2D eigenvalue weighted by molar-refractivity contribution is 6.07. The van der Waals surface area contributed by atoms with Crippen molar-refractivity contribution in [2.75, 3.05) is 26.3 Å². The van der Waals surface area contributed by atoms with Crippen molar-refractivity contribution < 1.29 is 33.8 Å². The van der Waals surface area contributed by atoms with Crippen LogP contribution in [0.2, 0.25) is 0 Å². The number of Topliss-reactive ketones (excluding diaryl/α,β-unsaturated/α-hetero) is 1. The summed E-state index contributed by atoms with van der Waals surface area (Å²) in [6.07, 6.45) is 7.58. The van der Waals surface area contributed by atoms with Gasteiger partial charge in [-0.1, -0.05) is 48.5 Å². The number of esters is 1. The summed E-state index contributed by atoms with van der Waals surface area (Å²) in [5.74, 6) is 0.0917. The van der Waals surface area contributed by atoms with E-state index in [2.05, 4.69) is 48.5 Å². The van der Waals surface area contributed by atoms with Crippen molar-refractivity contribution in [1.82, 2.24) is 4.90 Å². The van der Waals surface area contributed by atoms with Gasteiger partial charge in [-0.05, 0) is 116 Å². The maximum atomic E-state index is 14.6. The Hall–Kier alpha value is -2.22. The number of allylic oxidation sites excluding steroid dienone is 1. The number of aliphatic carboxylic acids is 1. The molecule has 48 heavy (non-hydrogen) atoms. The van der Waals surface area contributed by atoms with Crippen LogP contribution in [0.25, 0.3) is 0 Å². The topological polar surface area (TPSA) is 110 Å². The second-order valence-electron chi connectivity index (χ2n) is 18.9. The molecule has 8 nitrogen and oxygen atoms in total. The van der Waals surface area contributed by atoms with Gasteiger partial charge in [-0.3, -0.25) is 19.2 Å². The summed E-state index contributed by atoms with van der Waals surface area (Å²) in [7, 11) is 0. The first kappa shape index (κ1) is 35.6. The SMILES string of the molecule is CC(C)C1=C2C3CCC4[C@@]5(C)CC[C@H](OC(=O)CC(C)(C)C(=O)O)C(C)(C)C5CC[C@@]4(C)[C@]3(C)CC[C@@]2(C(=O)N2CCOCC2)CC1=O. The van der Waals surface area contributed by atoms with Crippen molar-refractivity contribution in [2.45, 2.75) is 133 Å². The van der Waals surface area contributed by atoms with Gasteiger partial charge in [0.1, 0.15) is 6.10 Å². The van der Waals surface area contributed by atoms with E-state index in [1.54, 1.807) is 13.8 Å². The zero-order valence-electron chi connectivity index (χ0n) is 31.1. The minimum absolute atomic E-state index is 0.0331. The number of ketones is 1. The van der Waals surface area contributed by atoms with Crippen molar-refractivity contribution in [2.24, 2.45) is 56.2 Å². The Balaban J connectivity index is 1.31. The van der Waals surface area contributed by atoms with Gasteiger partial charge < -0.3 is 19.5 Å². The number of hydrogen-bond acceptors (Lipinski definition) is 6. The van der Waals surface area contributed by atoms with Gasteiger partial charge in [-0.15, -0.1) is 0 Å². The molecule has 1 aliphatic heterocycles. The standard InChI is InChI=1S/C40H61NO7/c1-24(2)31-26(42)22-40(33(44)41-18-20-47-21-19-41)17-16-38(8)25(32(31)40)10-11-28-37(7)14-13-29(48-30(43)23-35(3,4)34(45)46)36(5,6)27(37)12-15-39(28,38)9/h24-25,27-29H,10-23H2,1-9H3,(H,45,46)/t25?,27?,28?,29-,37-,38+,39+,40+/m0/s1. The number of carboxylic acid groups (broad SMARTS) is 1. The molecule has 4 saturated carbocycles. The smallest absolute Gasteiger partial charge is 0.309 e. The van der Waals surface area contributed by atoms with Crippen molar-refractivity contribution in [3.63, 3.8) is 0 Å². The molecule has 8 atom stereocenters. The molecule has 5 aliphatic carbocycles. The van der Waals surface area contributed by atoms with Crippen LogP contribution in [0.1, 0.15) is 127 Å². The molecular formula is C40H61NO7. The third-order valence-corrected chi connectivity index (χ3v) is 15.5. The third kappa shape index (κ3) is 4.98. The summed E-state index contributed by atoms with van der Waals surface area (Å²) in [5, 5.41) is 9.58. The second kappa shape index (κ2) is 11.7. The Morgan fingerprint density at radius 3 is 2.21 bits per heavy atom. The summed E-state index contributed by atoms with van der Waals surface area (Å²) in [4.78, 5) is 55.2. The molecule has 0 aromatic carbocycles. The number of carbonyl (C=O) groups excluding carboxylic acids is 3. The van der Waals surface area contributed by atoms with Crippen LogP contribution in [-0.4, -0.2) is 66.0 Å². The molecule has 0 bridgehead atoms. The van der Waals surface area contributed by atoms with Crippen LogP contribution in [0, 0.1) is 56.2 Å². The van der Waals surface area contributed by atoms with Crippen LogP contribution >= 0.6 is 0 Å². The summed E-state index contributed by atoms with van der Waals surface area (Å²) in [6.45, 7) is 21.8. The zero-order valence-corrected chi connectivity index (χ0v) is 31.1. The van der Waals surface area contributed by atoms with E-state index in [0.29, 0.717) is 44.6 Å². The van der Waals surface area contributed by atoms with Crippen LogP contribution in [-0.2, 0) is 28.7 Å². The lowest BCUT2D eigenvalue weighted by Crippen LogP contribution is -2.66. The fourth-order valence-corrected chi connectivity index (χ4v) is 12.8. The van der Waals surface area contributed by atoms with Crippen LogP contribution in [0.15, 0.2) is 11.1 Å². The van der Waals surface area contributed by atoms with Crippen LogP contribution < -0.4 is 0 Å². The van der Waals surface area contributed by atoms with Gasteiger partial charge in [-0.25, -0.2) is 0 Å². The molecule has 6 aliphatic rings. The first-order chi connectivity index (χ1) is 22.3. The van der Waals surface area contributed by atoms with Crippen molar-refractivity contribution in [1.29, 1.82) is 0 Å². The Labute approximate surface area is 288 Å². The van der Waals surface area contributed by atoms with Gasteiger partial charge in [0.25, 0.3) is 0 Å². The largest absolute Gasteiger partial charge is 0.481 e. The fraction of sp³-hybridized carbons (Fsp3) is 0.850. The average Bonchev–Trinajstić information content (AvgIpc) is 3.32. The molecule has 3 unspecified atom stereocenters. The van der Waals surface area contributed by atoms with Gasteiger partial charge in [0.2, 0.25) is 5.91 Å². The monoisotopic (exact) mass is 667 g/mol. The summed E-state index contributed by atoms with van der Waals surface area (Å²) in [5.41, 5.74) is 0.116. The van der Waals surface area contributed by atoms with E-state index in [4.69, 9.17) is 9.47 Å². The quantitative estimate of drug-likeness (QED) is 0.298. The minimum Gasteiger partial charge on any atom is -0.481 e. The van der Waals surface area contributed by atoms with Gasteiger partial charge in [0, 0.05) is 24.9 Å². The number of fused-ring (bicyclic) bond motifs is 7. The van der Waals surface area contributed by atoms with E-state index in [1.165, 1.54) is 5.57 Å². The Kier molecular flexibility index (Phi) is 8.65. The molecule has 6 rings (SSSR count). The minimum atomic E-state index is -1.16. The summed E-state index contributed by atoms with van der Waals surface area (Å²) >= 11 is 0. The maximum Gasteiger partial charge on any atom is 0.309 e. The number of carbonyl (C=O) groups is 4. The molecule has 0 aromatic rings. The molecule has 0 radical (unpaired) electrons. The summed E-state index contributed by atoms with van der Waals surface area (Å²) in [6, 6.07) is 0. The van der Waals surface area contributed by atoms with E-state index in [-0.39, 0.29) is 57.7 Å². The van der Waals surface area contributed by atoms with Crippen molar-refractivity contribution in [3.05, 3.63) is 11.1 Å². The zero-order chi connectivity index (χ0) is 35.2. The Morgan fingerprint density at radius 2 is 1.58 bits per heavy atom. The van der Waals surface area contributed by atoms with Gasteiger partial charge in [0.15, 0.2) is 5.78 Å². The van der Waals surface area contributed by atoms with Gasteiger partial charge in [0.05, 0.1) is 30.5 Å². The van der Waals surface area contributed by atoms with Crippen LogP contribution in [0.4, 0.5) is 0 Å². The van der Waals surface area contributed by atoms with Crippen LogP contribution in [0.3, 0.4) is 0 Å². The average molecular weight is 668 g/mol. The lowest BCUT2D eigenvalue weighted by Gasteiger charge is -2.72. The lowest BCUT2D eigenvalue weighted by atomic mass is 9.33. The van der Waals surface area contributed by atoms with Gasteiger partial charge >= 0.3 is 11.9 Å².